The van der Waals surface area contributed by atoms with Gasteiger partial charge < -0.3 is 11.5 Å². The minimum absolute atomic E-state index is 0.127. The largest absolute Gasteiger partial charge is 0.399 e. The summed E-state index contributed by atoms with van der Waals surface area (Å²) < 4.78 is 0. The number of carbonyl (C=O) groups excluding carboxylic acids is 1. The van der Waals surface area contributed by atoms with Crippen LogP contribution in [0.3, 0.4) is 0 Å². The fourth-order valence-electron chi connectivity index (χ4n) is 0.595. The van der Waals surface area contributed by atoms with E-state index in [0.717, 1.165) is 0 Å². The van der Waals surface area contributed by atoms with Gasteiger partial charge in [-0.05, 0) is 13.0 Å². The Morgan fingerprint density at radius 3 is 1.73 bits per heavy atom. The van der Waals surface area contributed by atoms with Gasteiger partial charge >= 0.3 is 0 Å². The standard InChI is InChI=1S/C8H12N2O/c1-5(11)4-8(6(2)9)7(3)10/h4H,2-3,9-10H2,1H3. The second kappa shape index (κ2) is 3.61. The first-order valence-electron chi connectivity index (χ1n) is 3.07. The lowest BCUT2D eigenvalue weighted by molar-refractivity contribution is -0.112. The molecule has 0 unspecified atom stereocenters. The molecule has 0 aromatic carbocycles. The van der Waals surface area contributed by atoms with Gasteiger partial charge in [0.1, 0.15) is 0 Å². The molecule has 0 aliphatic heterocycles. The van der Waals surface area contributed by atoms with E-state index in [0.29, 0.717) is 5.57 Å². The van der Waals surface area contributed by atoms with Crippen molar-refractivity contribution in [3.8, 4) is 0 Å². The molecule has 0 fully saturated rings. The van der Waals surface area contributed by atoms with Crippen molar-refractivity contribution in [1.82, 2.24) is 0 Å². The third-order valence-electron chi connectivity index (χ3n) is 1.04. The summed E-state index contributed by atoms with van der Waals surface area (Å²) in [5, 5.41) is 0. The Morgan fingerprint density at radius 2 is 1.64 bits per heavy atom. The molecule has 3 heteroatoms. The highest BCUT2D eigenvalue weighted by molar-refractivity contribution is 5.89. The monoisotopic (exact) mass is 152 g/mol. The van der Waals surface area contributed by atoms with Gasteiger partial charge in [0.05, 0.1) is 0 Å². The molecular weight excluding hydrogens is 140 g/mol. The van der Waals surface area contributed by atoms with Gasteiger partial charge in [-0.1, -0.05) is 13.2 Å². The van der Waals surface area contributed by atoms with Crippen molar-refractivity contribution >= 4 is 5.78 Å². The zero-order valence-corrected chi connectivity index (χ0v) is 6.55. The lowest BCUT2D eigenvalue weighted by Crippen LogP contribution is -2.08. The molecule has 0 spiro atoms. The Labute approximate surface area is 66.1 Å². The number of rotatable bonds is 3. The predicted octanol–water partition coefficient (Wildman–Crippen LogP) is 0.447. The molecule has 60 valence electrons. The van der Waals surface area contributed by atoms with Gasteiger partial charge in [0, 0.05) is 17.0 Å². The first-order chi connectivity index (χ1) is 4.95. The smallest absolute Gasteiger partial charge is 0.153 e. The molecule has 0 rings (SSSR count). The average molecular weight is 152 g/mol. The van der Waals surface area contributed by atoms with Crippen LogP contribution in [0.5, 0.6) is 0 Å². The van der Waals surface area contributed by atoms with Crippen LogP contribution in [-0.4, -0.2) is 5.78 Å². The number of nitrogens with two attached hydrogens (primary N) is 2. The molecule has 0 aromatic heterocycles. The van der Waals surface area contributed by atoms with E-state index in [4.69, 9.17) is 11.5 Å². The van der Waals surface area contributed by atoms with Gasteiger partial charge in [-0.2, -0.15) is 0 Å². The number of hydrogen-bond acceptors (Lipinski definition) is 3. The van der Waals surface area contributed by atoms with Crippen molar-refractivity contribution in [3.05, 3.63) is 36.2 Å². The topological polar surface area (TPSA) is 69.1 Å². The lowest BCUT2D eigenvalue weighted by atomic mass is 10.1. The maximum absolute atomic E-state index is 10.6. The van der Waals surface area contributed by atoms with E-state index >= 15 is 0 Å². The Hall–Kier alpha value is -1.51. The van der Waals surface area contributed by atoms with Crippen LogP contribution in [-0.2, 0) is 4.79 Å². The minimum Gasteiger partial charge on any atom is -0.399 e. The van der Waals surface area contributed by atoms with Crippen molar-refractivity contribution in [2.75, 3.05) is 0 Å². The summed E-state index contributed by atoms with van der Waals surface area (Å²) >= 11 is 0. The van der Waals surface area contributed by atoms with Crippen LogP contribution >= 0.6 is 0 Å². The SMILES string of the molecule is C=C(N)C(=CC(C)=O)C(=C)N. The summed E-state index contributed by atoms with van der Waals surface area (Å²) in [6, 6.07) is 0. The molecule has 0 radical (unpaired) electrons. The molecule has 3 nitrogen and oxygen atoms in total. The van der Waals surface area contributed by atoms with E-state index in [1.807, 2.05) is 0 Å². The van der Waals surface area contributed by atoms with Gasteiger partial charge in [0.15, 0.2) is 5.78 Å². The van der Waals surface area contributed by atoms with Crippen LogP contribution in [0.25, 0.3) is 0 Å². The second-order valence-electron chi connectivity index (χ2n) is 2.22. The van der Waals surface area contributed by atoms with E-state index in [-0.39, 0.29) is 17.2 Å². The molecule has 0 aliphatic carbocycles. The van der Waals surface area contributed by atoms with Crippen molar-refractivity contribution < 1.29 is 4.79 Å². The molecule has 0 bridgehead atoms. The van der Waals surface area contributed by atoms with E-state index in [1.165, 1.54) is 13.0 Å². The zero-order valence-electron chi connectivity index (χ0n) is 6.55. The van der Waals surface area contributed by atoms with E-state index in [9.17, 15) is 4.79 Å². The Balaban J connectivity index is 4.75. The molecule has 0 heterocycles. The number of allylic oxidation sites excluding steroid dienone is 1. The molecule has 0 aromatic rings. The first-order valence-corrected chi connectivity index (χ1v) is 3.07. The minimum atomic E-state index is -0.127. The summed E-state index contributed by atoms with van der Waals surface area (Å²) in [7, 11) is 0. The molecule has 0 amide bonds. The summed E-state index contributed by atoms with van der Waals surface area (Å²) in [6.07, 6.45) is 1.31. The number of carbonyl (C=O) groups is 1. The molecule has 0 aliphatic rings. The fourth-order valence-corrected chi connectivity index (χ4v) is 0.595. The van der Waals surface area contributed by atoms with Crippen LogP contribution in [0.4, 0.5) is 0 Å². The van der Waals surface area contributed by atoms with Crippen LogP contribution in [0.2, 0.25) is 0 Å². The summed E-state index contributed by atoms with van der Waals surface area (Å²) in [5.74, 6) is -0.127. The molecule has 0 atom stereocenters. The highest BCUT2D eigenvalue weighted by Crippen LogP contribution is 2.07. The van der Waals surface area contributed by atoms with Gasteiger partial charge in [-0.15, -0.1) is 0 Å². The van der Waals surface area contributed by atoms with Crippen molar-refractivity contribution in [2.24, 2.45) is 11.5 Å². The molecule has 4 N–H and O–H groups in total. The quantitative estimate of drug-likeness (QED) is 0.455. The summed E-state index contributed by atoms with van der Waals surface area (Å²) in [6.45, 7) is 8.30. The van der Waals surface area contributed by atoms with Crippen LogP contribution in [0.1, 0.15) is 6.92 Å². The Bertz CT molecular complexity index is 222. The maximum atomic E-state index is 10.6. The van der Waals surface area contributed by atoms with Gasteiger partial charge in [0.25, 0.3) is 0 Å². The summed E-state index contributed by atoms with van der Waals surface area (Å²) in [4.78, 5) is 10.6. The van der Waals surface area contributed by atoms with Crippen molar-refractivity contribution in [2.45, 2.75) is 6.92 Å². The normalized spacial score (nSPS) is 8.45. The first kappa shape index (κ1) is 9.49. The lowest BCUT2D eigenvalue weighted by Gasteiger charge is -2.03. The Morgan fingerprint density at radius 1 is 1.27 bits per heavy atom. The third-order valence-corrected chi connectivity index (χ3v) is 1.04. The number of hydrogen-bond donors (Lipinski definition) is 2. The van der Waals surface area contributed by atoms with Crippen molar-refractivity contribution in [3.63, 3.8) is 0 Å². The molecule has 0 saturated heterocycles. The zero-order chi connectivity index (χ0) is 9.02. The van der Waals surface area contributed by atoms with Crippen LogP contribution in [0.15, 0.2) is 36.2 Å². The van der Waals surface area contributed by atoms with Crippen molar-refractivity contribution in [1.29, 1.82) is 0 Å². The Kier molecular flexibility index (Phi) is 3.11. The van der Waals surface area contributed by atoms with E-state index < -0.39 is 0 Å². The highest BCUT2D eigenvalue weighted by atomic mass is 16.1. The second-order valence-corrected chi connectivity index (χ2v) is 2.22. The molecule has 0 saturated carbocycles. The van der Waals surface area contributed by atoms with Gasteiger partial charge in [-0.25, -0.2) is 0 Å². The average Bonchev–Trinajstić information content (AvgIpc) is 1.81. The van der Waals surface area contributed by atoms with E-state index in [2.05, 4.69) is 13.2 Å². The van der Waals surface area contributed by atoms with Gasteiger partial charge in [-0.3, -0.25) is 4.79 Å². The fraction of sp³-hybridized carbons (Fsp3) is 0.125. The highest BCUT2D eigenvalue weighted by Gasteiger charge is 2.00. The van der Waals surface area contributed by atoms with Gasteiger partial charge in [0.2, 0.25) is 0 Å². The van der Waals surface area contributed by atoms with Crippen LogP contribution in [0, 0.1) is 0 Å². The third kappa shape index (κ3) is 3.25. The predicted molar refractivity (Wildman–Crippen MR) is 45.4 cm³/mol. The molecule has 11 heavy (non-hydrogen) atoms. The van der Waals surface area contributed by atoms with Crippen LogP contribution < -0.4 is 11.5 Å². The van der Waals surface area contributed by atoms with E-state index in [1.54, 1.807) is 0 Å². The summed E-state index contributed by atoms with van der Waals surface area (Å²) in [5.41, 5.74) is 11.6. The molecular formula is C8H12N2O. The maximum Gasteiger partial charge on any atom is 0.153 e. The number of ketones is 1.